The van der Waals surface area contributed by atoms with Gasteiger partial charge in [-0.15, -0.1) is 0 Å². The molecule has 0 saturated carbocycles. The maximum atomic E-state index is 4.38. The van der Waals surface area contributed by atoms with E-state index < -0.39 is 0 Å². The Morgan fingerprint density at radius 2 is 1.93 bits per heavy atom. The first-order chi connectivity index (χ1) is 7.27. The molecule has 0 N–H and O–H groups in total. The molecular weight excluding hydrogens is 184 g/mol. The summed E-state index contributed by atoms with van der Waals surface area (Å²) in [7, 11) is 0. The monoisotopic (exact) mass is 194 g/mol. The van der Waals surface area contributed by atoms with Crippen LogP contribution in [0.2, 0.25) is 0 Å². The minimum absolute atomic E-state index is 1.01. The summed E-state index contributed by atoms with van der Waals surface area (Å²) < 4.78 is 0. The Hall–Kier alpha value is -1.96. The van der Waals surface area contributed by atoms with Gasteiger partial charge in [-0.3, -0.25) is 9.97 Å². The molecule has 72 valence electrons. The maximum Gasteiger partial charge on any atom is 0.0715 e. The van der Waals surface area contributed by atoms with E-state index in [1.54, 1.807) is 0 Å². The lowest BCUT2D eigenvalue weighted by Crippen LogP contribution is -2.03. The Bertz CT molecular complexity index is 685. The van der Waals surface area contributed by atoms with Crippen LogP contribution >= 0.6 is 0 Å². The van der Waals surface area contributed by atoms with Crippen LogP contribution in [0.25, 0.3) is 28.3 Å². The lowest BCUT2D eigenvalue weighted by Gasteiger charge is -2.06. The van der Waals surface area contributed by atoms with Crippen molar-refractivity contribution >= 4 is 28.3 Å². The highest BCUT2D eigenvalue weighted by atomic mass is 14.7. The normalized spacial score (nSPS) is 11.3. The topological polar surface area (TPSA) is 25.8 Å². The van der Waals surface area contributed by atoms with Crippen molar-refractivity contribution in [3.05, 3.63) is 41.5 Å². The predicted molar refractivity (Wildman–Crippen MR) is 62.5 cm³/mol. The van der Waals surface area contributed by atoms with E-state index in [9.17, 15) is 0 Å². The van der Waals surface area contributed by atoms with Crippen LogP contribution in [-0.2, 0) is 0 Å². The molecular formula is C13H10N2. The van der Waals surface area contributed by atoms with Gasteiger partial charge in [-0.2, -0.15) is 0 Å². The molecule has 1 aromatic carbocycles. The van der Waals surface area contributed by atoms with Crippen LogP contribution in [0.1, 0.15) is 5.69 Å². The van der Waals surface area contributed by atoms with Gasteiger partial charge in [0.05, 0.1) is 5.52 Å². The zero-order chi connectivity index (χ0) is 10.4. The number of rotatable bonds is 0. The molecule has 0 unspecified atom stereocenters. The zero-order valence-electron chi connectivity index (χ0n) is 8.49. The number of aryl methyl sites for hydroxylation is 1. The van der Waals surface area contributed by atoms with Crippen molar-refractivity contribution in [3.63, 3.8) is 0 Å². The van der Waals surface area contributed by atoms with Gasteiger partial charge >= 0.3 is 0 Å². The Morgan fingerprint density at radius 1 is 1.07 bits per heavy atom. The van der Waals surface area contributed by atoms with Crippen LogP contribution in [0.5, 0.6) is 0 Å². The van der Waals surface area contributed by atoms with Gasteiger partial charge < -0.3 is 0 Å². The van der Waals surface area contributed by atoms with Crippen molar-refractivity contribution in [1.82, 2.24) is 9.97 Å². The molecule has 3 aromatic rings. The van der Waals surface area contributed by atoms with Crippen LogP contribution in [-0.4, -0.2) is 9.97 Å². The van der Waals surface area contributed by atoms with Gasteiger partial charge in [0.15, 0.2) is 0 Å². The van der Waals surface area contributed by atoms with E-state index >= 15 is 0 Å². The highest BCUT2D eigenvalue weighted by Crippen LogP contribution is 2.23. The number of pyridine rings is 2. The van der Waals surface area contributed by atoms with E-state index in [4.69, 9.17) is 0 Å². The molecule has 0 atom stereocenters. The summed E-state index contributed by atoms with van der Waals surface area (Å²) in [5.41, 5.74) is 2.03. The van der Waals surface area contributed by atoms with E-state index in [1.807, 2.05) is 37.5 Å². The van der Waals surface area contributed by atoms with Crippen LogP contribution in [0.3, 0.4) is 0 Å². The second-order valence-electron chi connectivity index (χ2n) is 3.74. The molecule has 0 radical (unpaired) electrons. The first kappa shape index (κ1) is 8.36. The zero-order valence-corrected chi connectivity index (χ0v) is 8.49. The number of hydrogen-bond acceptors (Lipinski definition) is 2. The van der Waals surface area contributed by atoms with Crippen LogP contribution in [0.15, 0.2) is 30.6 Å². The van der Waals surface area contributed by atoms with Crippen LogP contribution in [0.4, 0.5) is 0 Å². The van der Waals surface area contributed by atoms with Gasteiger partial charge in [-0.25, -0.2) is 0 Å². The predicted octanol–water partition coefficient (Wildman–Crippen LogP) is 2.22. The summed E-state index contributed by atoms with van der Waals surface area (Å²) in [6, 6.07) is 6.00. The Kier molecular flexibility index (Phi) is 1.54. The highest BCUT2D eigenvalue weighted by molar-refractivity contribution is 6.08. The third-order valence-electron chi connectivity index (χ3n) is 2.79. The largest absolute Gasteiger partial charge is 0.260 e. The lowest BCUT2D eigenvalue weighted by atomic mass is 10.0. The summed E-state index contributed by atoms with van der Waals surface area (Å²) in [4.78, 5) is 8.74. The number of aromatic nitrogens is 2. The quantitative estimate of drug-likeness (QED) is 0.548. The molecule has 15 heavy (non-hydrogen) atoms. The van der Waals surface area contributed by atoms with E-state index in [1.165, 1.54) is 5.39 Å². The standard InChI is InChI=1S/C13H10N2/c1-8-3-4-11-13-10(5-6-14-11)7-15-9(2)12(8)13/h3-7H,1H2,2H3. The Morgan fingerprint density at radius 3 is 2.80 bits per heavy atom. The van der Waals surface area contributed by atoms with E-state index in [0.29, 0.717) is 0 Å². The Balaban J connectivity index is 2.79. The van der Waals surface area contributed by atoms with Gasteiger partial charge in [0, 0.05) is 34.2 Å². The third kappa shape index (κ3) is 1.05. The molecule has 2 heterocycles. The van der Waals surface area contributed by atoms with E-state index in [0.717, 1.165) is 27.2 Å². The van der Waals surface area contributed by atoms with Gasteiger partial charge in [0.2, 0.25) is 0 Å². The maximum absolute atomic E-state index is 4.38. The molecule has 0 saturated heterocycles. The fourth-order valence-electron chi connectivity index (χ4n) is 2.07. The fraction of sp³-hybridized carbons (Fsp3) is 0.0769. The number of hydrogen-bond donors (Lipinski definition) is 0. The summed E-state index contributed by atoms with van der Waals surface area (Å²) in [5, 5.41) is 4.47. The van der Waals surface area contributed by atoms with Crippen molar-refractivity contribution < 1.29 is 0 Å². The molecule has 2 aromatic heterocycles. The molecule has 0 fully saturated rings. The molecule has 0 aliphatic carbocycles. The van der Waals surface area contributed by atoms with Gasteiger partial charge in [0.25, 0.3) is 0 Å². The second-order valence-corrected chi connectivity index (χ2v) is 3.74. The molecule has 0 aliphatic rings. The molecule has 0 aliphatic heterocycles. The number of benzene rings is 1. The Labute approximate surface area is 87.3 Å². The first-order valence-corrected chi connectivity index (χ1v) is 4.89. The average Bonchev–Trinajstić information content (AvgIpc) is 2.25. The fourth-order valence-corrected chi connectivity index (χ4v) is 2.07. The first-order valence-electron chi connectivity index (χ1n) is 4.89. The molecule has 0 bridgehead atoms. The van der Waals surface area contributed by atoms with E-state index in [2.05, 4.69) is 16.5 Å². The second kappa shape index (κ2) is 2.76. The summed E-state index contributed by atoms with van der Waals surface area (Å²) in [5.74, 6) is 0. The molecule has 2 heteroatoms. The minimum Gasteiger partial charge on any atom is -0.260 e. The van der Waals surface area contributed by atoms with Crippen molar-refractivity contribution in [2.75, 3.05) is 0 Å². The SMILES string of the molecule is C=c1ccc2nccc3cnc(C)c1c32. The van der Waals surface area contributed by atoms with Crippen molar-refractivity contribution in [3.8, 4) is 0 Å². The van der Waals surface area contributed by atoms with Crippen molar-refractivity contribution in [1.29, 1.82) is 0 Å². The summed E-state index contributed by atoms with van der Waals surface area (Å²) in [6.45, 7) is 6.05. The average molecular weight is 194 g/mol. The molecule has 0 spiro atoms. The molecule has 0 amide bonds. The summed E-state index contributed by atoms with van der Waals surface area (Å²) >= 11 is 0. The third-order valence-corrected chi connectivity index (χ3v) is 2.79. The van der Waals surface area contributed by atoms with Gasteiger partial charge in [0.1, 0.15) is 0 Å². The minimum atomic E-state index is 1.01. The summed E-state index contributed by atoms with van der Waals surface area (Å²) in [6.07, 6.45) is 3.71. The van der Waals surface area contributed by atoms with Crippen molar-refractivity contribution in [2.45, 2.75) is 6.92 Å². The highest BCUT2D eigenvalue weighted by Gasteiger charge is 2.05. The lowest BCUT2D eigenvalue weighted by molar-refractivity contribution is 1.24. The molecule has 2 nitrogen and oxygen atoms in total. The number of nitrogens with zero attached hydrogens (tertiary/aromatic N) is 2. The molecule has 3 rings (SSSR count). The van der Waals surface area contributed by atoms with Crippen LogP contribution < -0.4 is 5.22 Å². The van der Waals surface area contributed by atoms with E-state index in [-0.39, 0.29) is 0 Å². The van der Waals surface area contributed by atoms with Gasteiger partial charge in [-0.05, 0) is 24.3 Å². The van der Waals surface area contributed by atoms with Crippen molar-refractivity contribution in [2.24, 2.45) is 0 Å². The smallest absolute Gasteiger partial charge is 0.0715 e. The van der Waals surface area contributed by atoms with Gasteiger partial charge in [-0.1, -0.05) is 12.6 Å². The van der Waals surface area contributed by atoms with Crippen LogP contribution in [0, 0.1) is 6.92 Å².